The van der Waals surface area contributed by atoms with Crippen LogP contribution in [0.1, 0.15) is 18.1 Å². The van der Waals surface area contributed by atoms with E-state index >= 15 is 0 Å². The molecule has 0 amide bonds. The Morgan fingerprint density at radius 1 is 1.50 bits per heavy atom. The van der Waals surface area contributed by atoms with Gasteiger partial charge >= 0.3 is 5.97 Å². The maximum Gasteiger partial charge on any atom is 0.335 e. The number of nitrogens with zero attached hydrogens (tertiary/aromatic N) is 1. The summed E-state index contributed by atoms with van der Waals surface area (Å²) in [6.07, 6.45) is 0.964. The third kappa shape index (κ3) is 4.40. The van der Waals surface area contributed by atoms with Crippen LogP contribution in [0.2, 0.25) is 0 Å². The van der Waals surface area contributed by atoms with E-state index in [-0.39, 0.29) is 6.61 Å². The molecule has 0 spiro atoms. The standard InChI is InChI=1S/C14H15NO3/c1-3-8-17-11(2)14(16)18-10-13-6-4-12(9-15)5-7-13/h3-7,11H,1,8,10H2,2H3. The summed E-state index contributed by atoms with van der Waals surface area (Å²) in [4.78, 5) is 11.5. The van der Waals surface area contributed by atoms with E-state index in [1.165, 1.54) is 0 Å². The fourth-order valence-corrected chi connectivity index (χ4v) is 1.23. The van der Waals surface area contributed by atoms with E-state index in [1.54, 1.807) is 37.3 Å². The molecule has 4 nitrogen and oxygen atoms in total. The van der Waals surface area contributed by atoms with Gasteiger partial charge in [-0.05, 0) is 24.6 Å². The molecule has 0 fully saturated rings. The molecule has 0 aromatic heterocycles. The predicted octanol–water partition coefficient (Wildman–Crippen LogP) is 2.19. The van der Waals surface area contributed by atoms with Crippen molar-refractivity contribution in [1.82, 2.24) is 0 Å². The van der Waals surface area contributed by atoms with Crippen LogP contribution in [0.15, 0.2) is 36.9 Å². The maximum atomic E-state index is 11.5. The first-order valence-corrected chi connectivity index (χ1v) is 5.55. The summed E-state index contributed by atoms with van der Waals surface area (Å²) >= 11 is 0. The Kier molecular flexibility index (Phi) is 5.62. The van der Waals surface area contributed by atoms with E-state index in [0.717, 1.165) is 5.56 Å². The topological polar surface area (TPSA) is 59.3 Å². The Morgan fingerprint density at radius 2 is 2.17 bits per heavy atom. The van der Waals surface area contributed by atoms with Crippen molar-refractivity contribution >= 4 is 5.97 Å². The molecule has 0 radical (unpaired) electrons. The molecular weight excluding hydrogens is 230 g/mol. The van der Waals surface area contributed by atoms with Crippen LogP contribution >= 0.6 is 0 Å². The third-order valence-corrected chi connectivity index (χ3v) is 2.26. The van der Waals surface area contributed by atoms with Crippen LogP contribution in [-0.2, 0) is 20.9 Å². The number of carbonyl (C=O) groups is 1. The maximum absolute atomic E-state index is 11.5. The minimum absolute atomic E-state index is 0.173. The molecule has 0 aliphatic heterocycles. The van der Waals surface area contributed by atoms with E-state index in [2.05, 4.69) is 6.58 Å². The lowest BCUT2D eigenvalue weighted by molar-refractivity contribution is -0.156. The summed E-state index contributed by atoms with van der Waals surface area (Å²) in [6, 6.07) is 8.89. The van der Waals surface area contributed by atoms with E-state index in [1.807, 2.05) is 6.07 Å². The van der Waals surface area contributed by atoms with Gasteiger partial charge in [0.25, 0.3) is 0 Å². The minimum Gasteiger partial charge on any atom is -0.459 e. The van der Waals surface area contributed by atoms with Crippen molar-refractivity contribution in [2.45, 2.75) is 19.6 Å². The van der Waals surface area contributed by atoms with Gasteiger partial charge in [0.05, 0.1) is 18.2 Å². The number of benzene rings is 1. The Morgan fingerprint density at radius 3 is 2.72 bits per heavy atom. The van der Waals surface area contributed by atoms with Gasteiger partial charge in [0, 0.05) is 0 Å². The largest absolute Gasteiger partial charge is 0.459 e. The van der Waals surface area contributed by atoms with Crippen LogP contribution in [0.3, 0.4) is 0 Å². The predicted molar refractivity (Wildman–Crippen MR) is 66.6 cm³/mol. The molecule has 4 heteroatoms. The molecule has 1 atom stereocenters. The van der Waals surface area contributed by atoms with Gasteiger partial charge in [-0.1, -0.05) is 18.2 Å². The summed E-state index contributed by atoms with van der Waals surface area (Å²) in [5, 5.41) is 8.64. The second kappa shape index (κ2) is 7.25. The van der Waals surface area contributed by atoms with Crippen molar-refractivity contribution in [3.8, 4) is 6.07 Å². The van der Waals surface area contributed by atoms with Gasteiger partial charge in [-0.25, -0.2) is 4.79 Å². The van der Waals surface area contributed by atoms with Gasteiger partial charge < -0.3 is 9.47 Å². The van der Waals surface area contributed by atoms with Crippen molar-refractivity contribution < 1.29 is 14.3 Å². The smallest absolute Gasteiger partial charge is 0.335 e. The third-order valence-electron chi connectivity index (χ3n) is 2.26. The first kappa shape index (κ1) is 13.9. The van der Waals surface area contributed by atoms with E-state index < -0.39 is 12.1 Å². The molecule has 1 aromatic rings. The molecule has 0 bridgehead atoms. The van der Waals surface area contributed by atoms with Gasteiger partial charge in [0.15, 0.2) is 6.10 Å². The quantitative estimate of drug-likeness (QED) is 0.569. The van der Waals surface area contributed by atoms with E-state index in [0.29, 0.717) is 12.2 Å². The lowest BCUT2D eigenvalue weighted by Crippen LogP contribution is -2.23. The van der Waals surface area contributed by atoms with Gasteiger partial charge in [-0.2, -0.15) is 5.26 Å². The Hall–Kier alpha value is -2.12. The normalized spacial score (nSPS) is 11.3. The molecule has 0 aliphatic rings. The van der Waals surface area contributed by atoms with Crippen LogP contribution in [0.4, 0.5) is 0 Å². The number of carbonyl (C=O) groups excluding carboxylic acids is 1. The SMILES string of the molecule is C=CCOC(C)C(=O)OCc1ccc(C#N)cc1. The molecule has 0 aliphatic carbocycles. The second-order valence-corrected chi connectivity index (χ2v) is 3.68. The minimum atomic E-state index is -0.610. The average Bonchev–Trinajstić information content (AvgIpc) is 2.42. The van der Waals surface area contributed by atoms with Crippen molar-refractivity contribution in [2.24, 2.45) is 0 Å². The second-order valence-electron chi connectivity index (χ2n) is 3.68. The van der Waals surface area contributed by atoms with Crippen LogP contribution < -0.4 is 0 Å². The van der Waals surface area contributed by atoms with Crippen LogP contribution in [0.5, 0.6) is 0 Å². The number of nitriles is 1. The van der Waals surface area contributed by atoms with Gasteiger partial charge in [-0.3, -0.25) is 0 Å². The van der Waals surface area contributed by atoms with E-state index in [4.69, 9.17) is 14.7 Å². The Labute approximate surface area is 106 Å². The number of esters is 1. The highest BCUT2D eigenvalue weighted by atomic mass is 16.6. The monoisotopic (exact) mass is 245 g/mol. The lowest BCUT2D eigenvalue weighted by atomic mass is 10.2. The highest BCUT2D eigenvalue weighted by Crippen LogP contribution is 2.06. The van der Waals surface area contributed by atoms with Gasteiger partial charge in [-0.15, -0.1) is 6.58 Å². The highest BCUT2D eigenvalue weighted by molar-refractivity contribution is 5.74. The molecule has 0 saturated carbocycles. The summed E-state index contributed by atoms with van der Waals surface area (Å²) in [6.45, 7) is 5.61. The van der Waals surface area contributed by atoms with E-state index in [9.17, 15) is 4.79 Å². The van der Waals surface area contributed by atoms with Crippen LogP contribution in [-0.4, -0.2) is 18.7 Å². The molecule has 1 rings (SSSR count). The van der Waals surface area contributed by atoms with Gasteiger partial charge in [0.2, 0.25) is 0 Å². The molecule has 0 heterocycles. The molecule has 0 N–H and O–H groups in total. The van der Waals surface area contributed by atoms with Gasteiger partial charge in [0.1, 0.15) is 6.61 Å². The number of hydrogen-bond acceptors (Lipinski definition) is 4. The summed E-state index contributed by atoms with van der Waals surface area (Å²) in [7, 11) is 0. The molecular formula is C14H15NO3. The van der Waals surface area contributed by atoms with Crippen molar-refractivity contribution in [3.63, 3.8) is 0 Å². The Bertz CT molecular complexity index is 445. The van der Waals surface area contributed by atoms with Crippen molar-refractivity contribution in [2.75, 3.05) is 6.61 Å². The fourth-order valence-electron chi connectivity index (χ4n) is 1.23. The lowest BCUT2D eigenvalue weighted by Gasteiger charge is -2.11. The zero-order valence-corrected chi connectivity index (χ0v) is 10.3. The molecule has 1 unspecified atom stereocenters. The summed E-state index contributed by atoms with van der Waals surface area (Å²) < 4.78 is 10.2. The molecule has 1 aromatic carbocycles. The summed E-state index contributed by atoms with van der Waals surface area (Å²) in [5.74, 6) is -0.416. The highest BCUT2D eigenvalue weighted by Gasteiger charge is 2.14. The number of rotatable bonds is 6. The molecule has 94 valence electrons. The van der Waals surface area contributed by atoms with Crippen LogP contribution in [0.25, 0.3) is 0 Å². The molecule has 0 saturated heterocycles. The average molecular weight is 245 g/mol. The fraction of sp³-hybridized carbons (Fsp3) is 0.286. The zero-order valence-electron chi connectivity index (χ0n) is 10.3. The zero-order chi connectivity index (χ0) is 13.4. The first-order valence-electron chi connectivity index (χ1n) is 5.55. The Balaban J connectivity index is 2.42. The molecule has 18 heavy (non-hydrogen) atoms. The summed E-state index contributed by atoms with van der Waals surface area (Å²) in [5.41, 5.74) is 1.41. The van der Waals surface area contributed by atoms with Crippen LogP contribution in [0, 0.1) is 11.3 Å². The number of ether oxygens (including phenoxy) is 2. The first-order chi connectivity index (χ1) is 8.67. The number of hydrogen-bond donors (Lipinski definition) is 0. The van der Waals surface area contributed by atoms with Crippen molar-refractivity contribution in [3.05, 3.63) is 48.0 Å². The van der Waals surface area contributed by atoms with Crippen molar-refractivity contribution in [1.29, 1.82) is 5.26 Å².